The van der Waals surface area contributed by atoms with E-state index < -0.39 is 10.8 Å². The van der Waals surface area contributed by atoms with Crippen molar-refractivity contribution < 1.29 is 14.5 Å². The fourth-order valence-electron chi connectivity index (χ4n) is 4.11. The number of nitro groups is 1. The Hall–Kier alpha value is -3.42. The minimum absolute atomic E-state index is 0.0720. The van der Waals surface area contributed by atoms with Crippen molar-refractivity contribution in [1.29, 1.82) is 0 Å². The molecule has 0 bridgehead atoms. The van der Waals surface area contributed by atoms with Gasteiger partial charge in [-0.3, -0.25) is 19.7 Å². The predicted octanol–water partition coefficient (Wildman–Crippen LogP) is 4.57. The zero-order chi connectivity index (χ0) is 23.3. The van der Waals surface area contributed by atoms with Crippen LogP contribution in [0.5, 0.6) is 0 Å². The summed E-state index contributed by atoms with van der Waals surface area (Å²) in [6, 6.07) is 11.3. The predicted molar refractivity (Wildman–Crippen MR) is 125 cm³/mol. The number of piperidine rings is 1. The molecule has 0 saturated carbocycles. The Morgan fingerprint density at radius 1 is 1.16 bits per heavy atom. The first-order valence-electron chi connectivity index (χ1n) is 11.1. The summed E-state index contributed by atoms with van der Waals surface area (Å²) in [5, 5.41) is 14.5. The second-order valence-electron chi connectivity index (χ2n) is 8.17. The van der Waals surface area contributed by atoms with Gasteiger partial charge in [-0.25, -0.2) is 0 Å². The first-order chi connectivity index (χ1) is 15.3. The monoisotopic (exact) mass is 438 g/mol. The number of nitrogens with zero attached hydrogens (tertiary/aromatic N) is 3. The van der Waals surface area contributed by atoms with Gasteiger partial charge in [0.05, 0.1) is 4.92 Å². The molecule has 3 rings (SSSR count). The molecule has 1 atom stereocenters. The van der Waals surface area contributed by atoms with E-state index in [4.69, 9.17) is 0 Å². The Kier molecular flexibility index (Phi) is 7.45. The summed E-state index contributed by atoms with van der Waals surface area (Å²) in [7, 11) is 0. The maximum Gasteiger partial charge on any atom is 0.293 e. The minimum atomic E-state index is -0.459. The summed E-state index contributed by atoms with van der Waals surface area (Å²) in [4.78, 5) is 40.4. The molecule has 32 heavy (non-hydrogen) atoms. The average Bonchev–Trinajstić information content (AvgIpc) is 2.79. The van der Waals surface area contributed by atoms with E-state index in [0.717, 1.165) is 25.9 Å². The standard InChI is InChI=1S/C24H30N4O4/c1-4-26(5-2)24(30)19-9-6-10-20(14-19)25-23(29)18-11-12-21(22(15-18)28(31)32)27-13-7-8-17(3)16-27/h6,9-12,14-15,17H,4-5,7-8,13,16H2,1-3H3,(H,25,29). The van der Waals surface area contributed by atoms with Crippen molar-refractivity contribution in [1.82, 2.24) is 4.90 Å². The van der Waals surface area contributed by atoms with E-state index in [1.165, 1.54) is 6.07 Å². The third-order valence-electron chi connectivity index (χ3n) is 5.85. The molecule has 1 heterocycles. The van der Waals surface area contributed by atoms with Gasteiger partial charge >= 0.3 is 0 Å². The van der Waals surface area contributed by atoms with Crippen molar-refractivity contribution >= 4 is 28.9 Å². The zero-order valence-corrected chi connectivity index (χ0v) is 18.8. The third kappa shape index (κ3) is 5.25. The van der Waals surface area contributed by atoms with Crippen molar-refractivity contribution in [2.75, 3.05) is 36.4 Å². The van der Waals surface area contributed by atoms with Crippen molar-refractivity contribution in [2.24, 2.45) is 5.92 Å². The smallest absolute Gasteiger partial charge is 0.293 e. The molecule has 2 amide bonds. The molecule has 2 aromatic rings. The fourth-order valence-corrected chi connectivity index (χ4v) is 4.11. The number of rotatable bonds is 7. The molecule has 1 aliphatic heterocycles. The molecule has 1 aliphatic rings. The molecule has 1 unspecified atom stereocenters. The fraction of sp³-hybridized carbons (Fsp3) is 0.417. The van der Waals surface area contributed by atoms with Crippen LogP contribution in [0.4, 0.5) is 17.1 Å². The highest BCUT2D eigenvalue weighted by atomic mass is 16.6. The van der Waals surface area contributed by atoms with E-state index in [-0.39, 0.29) is 17.2 Å². The van der Waals surface area contributed by atoms with E-state index >= 15 is 0 Å². The number of amides is 2. The molecular formula is C24H30N4O4. The Morgan fingerprint density at radius 2 is 1.91 bits per heavy atom. The highest BCUT2D eigenvalue weighted by molar-refractivity contribution is 6.06. The number of nitrogens with one attached hydrogen (secondary N) is 1. The van der Waals surface area contributed by atoms with Crippen LogP contribution in [0.2, 0.25) is 0 Å². The molecule has 0 aliphatic carbocycles. The molecule has 8 nitrogen and oxygen atoms in total. The largest absolute Gasteiger partial charge is 0.366 e. The lowest BCUT2D eigenvalue weighted by atomic mass is 9.99. The molecule has 0 radical (unpaired) electrons. The maximum absolute atomic E-state index is 12.8. The van der Waals surface area contributed by atoms with Gasteiger partial charge in [-0.15, -0.1) is 0 Å². The first-order valence-corrected chi connectivity index (χ1v) is 11.1. The molecule has 0 spiro atoms. The van der Waals surface area contributed by atoms with Crippen molar-refractivity contribution in [3.05, 3.63) is 63.7 Å². The highest BCUT2D eigenvalue weighted by Crippen LogP contribution is 2.32. The maximum atomic E-state index is 12.8. The Balaban J connectivity index is 1.81. The highest BCUT2D eigenvalue weighted by Gasteiger charge is 2.25. The molecule has 170 valence electrons. The number of nitro benzene ring substituents is 1. The Bertz CT molecular complexity index is 1000. The lowest BCUT2D eigenvalue weighted by Gasteiger charge is -2.32. The third-order valence-corrected chi connectivity index (χ3v) is 5.85. The van der Waals surface area contributed by atoms with Crippen molar-refractivity contribution in [3.8, 4) is 0 Å². The summed E-state index contributed by atoms with van der Waals surface area (Å²) in [5.74, 6) is -0.0985. The van der Waals surface area contributed by atoms with E-state index in [9.17, 15) is 19.7 Å². The number of carbonyl (C=O) groups excluding carboxylic acids is 2. The molecular weight excluding hydrogens is 408 g/mol. The van der Waals surface area contributed by atoms with E-state index in [0.29, 0.717) is 35.9 Å². The summed E-state index contributed by atoms with van der Waals surface area (Å²) < 4.78 is 0. The van der Waals surface area contributed by atoms with Gasteiger partial charge in [-0.1, -0.05) is 13.0 Å². The van der Waals surface area contributed by atoms with Crippen LogP contribution in [0, 0.1) is 16.0 Å². The van der Waals surface area contributed by atoms with Crippen molar-refractivity contribution in [2.45, 2.75) is 33.6 Å². The van der Waals surface area contributed by atoms with Crippen LogP contribution in [-0.2, 0) is 0 Å². The molecule has 1 fully saturated rings. The Morgan fingerprint density at radius 3 is 2.56 bits per heavy atom. The normalized spacial score (nSPS) is 15.8. The van der Waals surface area contributed by atoms with Gasteiger partial charge in [0, 0.05) is 49.1 Å². The average molecular weight is 439 g/mol. The van der Waals surface area contributed by atoms with Gasteiger partial charge in [0.25, 0.3) is 17.5 Å². The lowest BCUT2D eigenvalue weighted by molar-refractivity contribution is -0.384. The number of carbonyl (C=O) groups is 2. The molecule has 1 saturated heterocycles. The quantitative estimate of drug-likeness (QED) is 0.505. The minimum Gasteiger partial charge on any atom is -0.366 e. The number of hydrogen-bond acceptors (Lipinski definition) is 5. The van der Waals surface area contributed by atoms with Crippen LogP contribution in [-0.4, -0.2) is 47.8 Å². The second-order valence-corrected chi connectivity index (χ2v) is 8.17. The second kappa shape index (κ2) is 10.3. The zero-order valence-electron chi connectivity index (χ0n) is 18.8. The number of anilines is 2. The number of benzene rings is 2. The van der Waals surface area contributed by atoms with Gasteiger partial charge in [0.1, 0.15) is 5.69 Å². The van der Waals surface area contributed by atoms with Crippen LogP contribution >= 0.6 is 0 Å². The van der Waals surface area contributed by atoms with Crippen LogP contribution in [0.15, 0.2) is 42.5 Å². The topological polar surface area (TPSA) is 95.8 Å². The van der Waals surface area contributed by atoms with Crippen LogP contribution in [0.3, 0.4) is 0 Å². The van der Waals surface area contributed by atoms with E-state index in [1.54, 1.807) is 41.3 Å². The number of hydrogen-bond donors (Lipinski definition) is 1. The lowest BCUT2D eigenvalue weighted by Crippen LogP contribution is -2.34. The Labute approximate surface area is 188 Å². The van der Waals surface area contributed by atoms with Gasteiger partial charge in [0.2, 0.25) is 0 Å². The van der Waals surface area contributed by atoms with Gasteiger partial charge in [-0.2, -0.15) is 0 Å². The summed E-state index contributed by atoms with van der Waals surface area (Å²) in [5.41, 5.74) is 1.62. The molecule has 0 aromatic heterocycles. The molecule has 2 aromatic carbocycles. The van der Waals surface area contributed by atoms with Crippen molar-refractivity contribution in [3.63, 3.8) is 0 Å². The summed E-state index contributed by atoms with van der Waals surface area (Å²) in [6.07, 6.45) is 2.10. The summed E-state index contributed by atoms with van der Waals surface area (Å²) >= 11 is 0. The van der Waals surface area contributed by atoms with Crippen LogP contribution < -0.4 is 10.2 Å². The first kappa shape index (κ1) is 23.2. The van der Waals surface area contributed by atoms with Gasteiger partial charge in [-0.05, 0) is 62.9 Å². The van der Waals surface area contributed by atoms with Crippen LogP contribution in [0.1, 0.15) is 54.3 Å². The molecule has 1 N–H and O–H groups in total. The molecule has 8 heteroatoms. The summed E-state index contributed by atoms with van der Waals surface area (Å²) in [6.45, 7) is 8.68. The van der Waals surface area contributed by atoms with Gasteiger partial charge < -0.3 is 15.1 Å². The van der Waals surface area contributed by atoms with E-state index in [2.05, 4.69) is 12.2 Å². The SMILES string of the molecule is CCN(CC)C(=O)c1cccc(NC(=O)c2ccc(N3CCCC(C)C3)c([N+](=O)[O-])c2)c1. The van der Waals surface area contributed by atoms with Crippen LogP contribution in [0.25, 0.3) is 0 Å². The van der Waals surface area contributed by atoms with Gasteiger partial charge in [0.15, 0.2) is 0 Å². The van der Waals surface area contributed by atoms with E-state index in [1.807, 2.05) is 18.7 Å².